The topological polar surface area (TPSA) is 70.7 Å². The maximum absolute atomic E-state index is 12.5. The molecule has 6 nitrogen and oxygen atoms in total. The summed E-state index contributed by atoms with van der Waals surface area (Å²) in [5.41, 5.74) is 2.28. The Morgan fingerprint density at radius 2 is 1.81 bits per heavy atom. The van der Waals surface area contributed by atoms with E-state index in [9.17, 15) is 9.59 Å². The third-order valence-electron chi connectivity index (χ3n) is 4.23. The minimum Gasteiger partial charge on any atom is -0.482 e. The highest BCUT2D eigenvalue weighted by Crippen LogP contribution is 2.18. The maximum Gasteiger partial charge on any atom is 0.344 e. The lowest BCUT2D eigenvalue weighted by atomic mass is 10.1. The van der Waals surface area contributed by atoms with Gasteiger partial charge in [-0.3, -0.25) is 4.79 Å². The molecule has 0 spiro atoms. The van der Waals surface area contributed by atoms with Gasteiger partial charge >= 0.3 is 5.97 Å². The summed E-state index contributed by atoms with van der Waals surface area (Å²) in [6.07, 6.45) is 1.62. The van der Waals surface area contributed by atoms with Crippen molar-refractivity contribution in [3.8, 4) is 5.75 Å². The number of para-hydroxylation sites is 1. The molecule has 0 aliphatic rings. The predicted molar refractivity (Wildman–Crippen MR) is 98.9 cm³/mol. The van der Waals surface area contributed by atoms with Gasteiger partial charge in [0.15, 0.2) is 13.2 Å². The van der Waals surface area contributed by atoms with Crippen molar-refractivity contribution < 1.29 is 23.5 Å². The fourth-order valence-corrected chi connectivity index (χ4v) is 2.81. The average molecular weight is 367 g/mol. The van der Waals surface area contributed by atoms with Gasteiger partial charge < -0.3 is 18.5 Å². The minimum atomic E-state index is -0.586. The number of hydrogen-bond acceptors (Lipinski definition) is 5. The Bertz CT molecular complexity index is 910. The molecule has 27 heavy (non-hydrogen) atoms. The smallest absolute Gasteiger partial charge is 0.344 e. The first kappa shape index (κ1) is 18.5. The van der Waals surface area contributed by atoms with Crippen molar-refractivity contribution in [3.05, 3.63) is 77.5 Å². The monoisotopic (exact) mass is 367 g/mol. The first-order chi connectivity index (χ1) is 13.0. The summed E-state index contributed by atoms with van der Waals surface area (Å²) in [6, 6.07) is 14.5. The van der Waals surface area contributed by atoms with E-state index in [0.717, 1.165) is 17.1 Å². The Labute approximate surface area is 157 Å². The van der Waals surface area contributed by atoms with E-state index >= 15 is 0 Å². The number of rotatable bonds is 8. The molecule has 0 amide bonds. The van der Waals surface area contributed by atoms with E-state index in [0.29, 0.717) is 17.9 Å². The number of carbonyl (C=O) groups excluding carboxylic acids is 2. The van der Waals surface area contributed by atoms with E-state index in [-0.39, 0.29) is 19.0 Å². The lowest BCUT2D eigenvalue weighted by molar-refractivity contribution is -0.144. The van der Waals surface area contributed by atoms with Gasteiger partial charge in [-0.15, -0.1) is 0 Å². The van der Waals surface area contributed by atoms with E-state index in [2.05, 4.69) is 0 Å². The summed E-state index contributed by atoms with van der Waals surface area (Å²) in [5, 5.41) is 0. The molecule has 1 aromatic carbocycles. The van der Waals surface area contributed by atoms with Gasteiger partial charge in [-0.05, 0) is 44.2 Å². The van der Waals surface area contributed by atoms with Crippen molar-refractivity contribution in [2.24, 2.45) is 0 Å². The molecule has 0 saturated heterocycles. The van der Waals surface area contributed by atoms with Gasteiger partial charge in [-0.1, -0.05) is 18.2 Å². The van der Waals surface area contributed by atoms with Crippen LogP contribution >= 0.6 is 0 Å². The molecular weight excluding hydrogens is 346 g/mol. The average Bonchev–Trinajstić information content (AvgIpc) is 3.29. The van der Waals surface area contributed by atoms with Crippen LogP contribution in [0.15, 0.2) is 59.2 Å². The molecule has 0 fully saturated rings. The van der Waals surface area contributed by atoms with Crippen LogP contribution in [-0.2, 0) is 16.1 Å². The normalized spacial score (nSPS) is 10.6. The zero-order chi connectivity index (χ0) is 19.2. The molecular formula is C21H21NO5. The van der Waals surface area contributed by atoms with Crippen LogP contribution in [0.1, 0.15) is 27.5 Å². The summed E-state index contributed by atoms with van der Waals surface area (Å²) < 4.78 is 17.7. The second-order valence-electron chi connectivity index (χ2n) is 6.14. The quantitative estimate of drug-likeness (QED) is 0.450. The van der Waals surface area contributed by atoms with Gasteiger partial charge in [0.2, 0.25) is 5.78 Å². The lowest BCUT2D eigenvalue weighted by Crippen LogP contribution is -2.19. The number of ether oxygens (including phenoxy) is 2. The van der Waals surface area contributed by atoms with Crippen LogP contribution in [0.3, 0.4) is 0 Å². The Balaban J connectivity index is 1.55. The number of Topliss-reactive ketones (excluding diaryl/α,β-unsaturated/α-hetero) is 1. The number of carbonyl (C=O) groups is 2. The molecule has 0 unspecified atom stereocenters. The number of hydrogen-bond donors (Lipinski definition) is 0. The highest BCUT2D eigenvalue weighted by molar-refractivity contribution is 5.99. The standard InChI is InChI=1S/C21H21NO5/c1-15-11-19(16(2)22(15)12-18-9-6-10-25-18)20(23)13-27-21(24)14-26-17-7-4-3-5-8-17/h3-11H,12-14H2,1-2H3. The Hall–Kier alpha value is -3.28. The number of ketones is 1. The third-order valence-corrected chi connectivity index (χ3v) is 4.23. The van der Waals surface area contributed by atoms with Gasteiger partial charge in [-0.25, -0.2) is 4.79 Å². The summed E-state index contributed by atoms with van der Waals surface area (Å²) in [7, 11) is 0. The van der Waals surface area contributed by atoms with Crippen molar-refractivity contribution in [1.82, 2.24) is 4.57 Å². The highest BCUT2D eigenvalue weighted by atomic mass is 16.6. The van der Waals surface area contributed by atoms with Gasteiger partial charge in [0.05, 0.1) is 12.8 Å². The molecule has 0 saturated carbocycles. The minimum absolute atomic E-state index is 0.241. The molecule has 140 valence electrons. The van der Waals surface area contributed by atoms with Gasteiger partial charge in [0.1, 0.15) is 11.5 Å². The first-order valence-corrected chi connectivity index (χ1v) is 8.60. The third kappa shape index (κ3) is 4.67. The Morgan fingerprint density at radius 1 is 1.04 bits per heavy atom. The number of aryl methyl sites for hydroxylation is 1. The SMILES string of the molecule is Cc1cc(C(=O)COC(=O)COc2ccccc2)c(C)n1Cc1ccco1. The Morgan fingerprint density at radius 3 is 2.52 bits per heavy atom. The summed E-state index contributed by atoms with van der Waals surface area (Å²) in [4.78, 5) is 24.3. The zero-order valence-corrected chi connectivity index (χ0v) is 15.3. The molecule has 3 aromatic rings. The maximum atomic E-state index is 12.5. The van der Waals surface area contributed by atoms with E-state index in [1.54, 1.807) is 24.5 Å². The second-order valence-corrected chi connectivity index (χ2v) is 6.14. The van der Waals surface area contributed by atoms with E-state index in [1.807, 2.05) is 48.7 Å². The van der Waals surface area contributed by atoms with Crippen molar-refractivity contribution in [2.45, 2.75) is 20.4 Å². The molecule has 0 aliphatic heterocycles. The van der Waals surface area contributed by atoms with Crippen LogP contribution in [-0.4, -0.2) is 29.5 Å². The molecule has 0 bridgehead atoms. The molecule has 0 atom stereocenters. The molecule has 2 heterocycles. The van der Waals surface area contributed by atoms with Gasteiger partial charge in [-0.2, -0.15) is 0 Å². The number of esters is 1. The van der Waals surface area contributed by atoms with Crippen molar-refractivity contribution in [2.75, 3.05) is 13.2 Å². The summed E-state index contributed by atoms with van der Waals surface area (Å²) in [6.45, 7) is 3.77. The number of nitrogens with zero attached hydrogens (tertiary/aromatic N) is 1. The lowest BCUT2D eigenvalue weighted by Gasteiger charge is -2.08. The molecule has 0 aliphatic carbocycles. The zero-order valence-electron chi connectivity index (χ0n) is 15.3. The van der Waals surface area contributed by atoms with Crippen LogP contribution in [0, 0.1) is 13.8 Å². The fourth-order valence-electron chi connectivity index (χ4n) is 2.81. The van der Waals surface area contributed by atoms with Crippen molar-refractivity contribution >= 4 is 11.8 Å². The van der Waals surface area contributed by atoms with Gasteiger partial charge in [0.25, 0.3) is 0 Å². The molecule has 3 rings (SSSR count). The number of furan rings is 1. The van der Waals surface area contributed by atoms with Crippen LogP contribution in [0.4, 0.5) is 0 Å². The number of benzene rings is 1. The molecule has 2 aromatic heterocycles. The van der Waals surface area contributed by atoms with Gasteiger partial charge in [0, 0.05) is 17.0 Å². The molecule has 6 heteroatoms. The van der Waals surface area contributed by atoms with E-state index < -0.39 is 5.97 Å². The first-order valence-electron chi connectivity index (χ1n) is 8.60. The Kier molecular flexibility index (Phi) is 5.76. The van der Waals surface area contributed by atoms with Crippen molar-refractivity contribution in [1.29, 1.82) is 0 Å². The number of aromatic nitrogens is 1. The van der Waals surface area contributed by atoms with Crippen LogP contribution in [0.5, 0.6) is 5.75 Å². The molecule has 0 radical (unpaired) electrons. The van der Waals surface area contributed by atoms with E-state index in [1.165, 1.54) is 0 Å². The van der Waals surface area contributed by atoms with Crippen LogP contribution in [0.25, 0.3) is 0 Å². The summed E-state index contributed by atoms with van der Waals surface area (Å²) in [5.74, 6) is 0.543. The predicted octanol–water partition coefficient (Wildman–Crippen LogP) is 3.55. The second kappa shape index (κ2) is 8.40. The highest BCUT2D eigenvalue weighted by Gasteiger charge is 2.18. The van der Waals surface area contributed by atoms with Crippen LogP contribution < -0.4 is 4.74 Å². The van der Waals surface area contributed by atoms with Crippen molar-refractivity contribution in [3.63, 3.8) is 0 Å². The molecule has 0 N–H and O–H groups in total. The fraction of sp³-hybridized carbons (Fsp3) is 0.238. The summed E-state index contributed by atoms with van der Waals surface area (Å²) >= 11 is 0. The van der Waals surface area contributed by atoms with Crippen LogP contribution in [0.2, 0.25) is 0 Å². The van der Waals surface area contributed by atoms with E-state index in [4.69, 9.17) is 13.9 Å². The largest absolute Gasteiger partial charge is 0.482 e.